The minimum Gasteiger partial charge on any atom is -0.481 e. The number of carboxylic acid groups (broad SMARTS) is 1. The van der Waals surface area contributed by atoms with Crippen LogP contribution in [0.4, 0.5) is 10.7 Å². The van der Waals surface area contributed by atoms with E-state index in [9.17, 15) is 19.5 Å². The Labute approximate surface area is 185 Å². The number of aliphatic carboxylic acids is 1. The van der Waals surface area contributed by atoms with Crippen LogP contribution in [0.25, 0.3) is 0 Å². The highest BCUT2D eigenvalue weighted by atomic mass is 32.1. The summed E-state index contributed by atoms with van der Waals surface area (Å²) < 4.78 is 0. The van der Waals surface area contributed by atoms with E-state index in [1.54, 1.807) is 0 Å². The number of rotatable bonds is 5. The molecule has 0 saturated carbocycles. The molecule has 0 bridgehead atoms. The molecule has 2 aliphatic carbocycles. The second kappa shape index (κ2) is 9.06. The molecule has 1 aromatic carbocycles. The molecule has 1 aromatic heterocycles. The molecular formula is C24H26N2O4S. The Balaban J connectivity index is 1.62. The first kappa shape index (κ1) is 21.3. The van der Waals surface area contributed by atoms with Gasteiger partial charge in [0, 0.05) is 10.6 Å². The van der Waals surface area contributed by atoms with Crippen molar-refractivity contribution < 1.29 is 19.5 Å². The SMILES string of the molecule is Cc1cccc(NC(=O)c2c(NC(=O)[C@H]3CC=CC[C@H]3C(=O)O)sc3c2CCCC3)c1. The molecule has 0 radical (unpaired) electrons. The van der Waals surface area contributed by atoms with Crippen molar-refractivity contribution in [1.82, 2.24) is 0 Å². The fraction of sp³-hybridized carbons (Fsp3) is 0.375. The minimum atomic E-state index is -0.965. The van der Waals surface area contributed by atoms with Crippen LogP contribution in [0.1, 0.15) is 52.0 Å². The first-order valence-electron chi connectivity index (χ1n) is 10.6. The zero-order chi connectivity index (χ0) is 22.0. The van der Waals surface area contributed by atoms with Crippen LogP contribution in [0.3, 0.4) is 0 Å². The number of fused-ring (bicyclic) bond motifs is 1. The lowest BCUT2D eigenvalue weighted by Gasteiger charge is -2.24. The molecule has 2 aromatic rings. The molecule has 0 unspecified atom stereocenters. The van der Waals surface area contributed by atoms with Gasteiger partial charge in [-0.25, -0.2) is 0 Å². The molecule has 162 valence electrons. The predicted molar refractivity (Wildman–Crippen MR) is 122 cm³/mol. The highest BCUT2D eigenvalue weighted by Crippen LogP contribution is 2.39. The number of hydrogen-bond acceptors (Lipinski definition) is 4. The van der Waals surface area contributed by atoms with Crippen molar-refractivity contribution in [1.29, 1.82) is 0 Å². The van der Waals surface area contributed by atoms with Crippen LogP contribution in [0.5, 0.6) is 0 Å². The highest BCUT2D eigenvalue weighted by molar-refractivity contribution is 7.17. The Bertz CT molecular complexity index is 1060. The molecule has 2 aliphatic rings. The lowest BCUT2D eigenvalue weighted by molar-refractivity contribution is -0.146. The summed E-state index contributed by atoms with van der Waals surface area (Å²) in [4.78, 5) is 39.0. The number of nitrogens with one attached hydrogen (secondary N) is 2. The molecule has 2 amide bonds. The van der Waals surface area contributed by atoms with E-state index in [2.05, 4.69) is 10.6 Å². The first-order valence-corrected chi connectivity index (χ1v) is 11.5. The molecule has 3 N–H and O–H groups in total. The second-order valence-electron chi connectivity index (χ2n) is 8.22. The average molecular weight is 439 g/mol. The maximum Gasteiger partial charge on any atom is 0.307 e. The number of amides is 2. The van der Waals surface area contributed by atoms with Crippen molar-refractivity contribution in [3.8, 4) is 0 Å². The van der Waals surface area contributed by atoms with E-state index < -0.39 is 17.8 Å². The third kappa shape index (κ3) is 4.56. The summed E-state index contributed by atoms with van der Waals surface area (Å²) in [5.41, 5.74) is 3.29. The van der Waals surface area contributed by atoms with E-state index in [1.165, 1.54) is 11.3 Å². The Hall–Kier alpha value is -2.93. The molecule has 0 aliphatic heterocycles. The van der Waals surface area contributed by atoms with Crippen molar-refractivity contribution in [3.63, 3.8) is 0 Å². The van der Waals surface area contributed by atoms with Gasteiger partial charge in [-0.05, 0) is 68.7 Å². The van der Waals surface area contributed by atoms with Gasteiger partial charge in [-0.3, -0.25) is 14.4 Å². The molecule has 7 heteroatoms. The molecule has 0 saturated heterocycles. The van der Waals surface area contributed by atoms with Crippen LogP contribution >= 0.6 is 11.3 Å². The van der Waals surface area contributed by atoms with Gasteiger partial charge in [0.15, 0.2) is 0 Å². The largest absolute Gasteiger partial charge is 0.481 e. The lowest BCUT2D eigenvalue weighted by Crippen LogP contribution is -2.35. The Kier molecular flexibility index (Phi) is 6.23. The maximum atomic E-state index is 13.2. The monoisotopic (exact) mass is 438 g/mol. The number of benzene rings is 1. The fourth-order valence-electron chi connectivity index (χ4n) is 4.39. The van der Waals surface area contributed by atoms with Gasteiger partial charge < -0.3 is 15.7 Å². The number of thiophene rings is 1. The highest BCUT2D eigenvalue weighted by Gasteiger charge is 2.35. The predicted octanol–water partition coefficient (Wildman–Crippen LogP) is 4.79. The van der Waals surface area contributed by atoms with Crippen molar-refractivity contribution in [2.45, 2.75) is 45.4 Å². The van der Waals surface area contributed by atoms with E-state index in [0.29, 0.717) is 29.1 Å². The Morgan fingerprint density at radius 1 is 1.03 bits per heavy atom. The summed E-state index contributed by atoms with van der Waals surface area (Å²) in [5, 5.41) is 15.9. The summed E-state index contributed by atoms with van der Waals surface area (Å²) >= 11 is 1.45. The molecular weight excluding hydrogens is 412 g/mol. The maximum absolute atomic E-state index is 13.2. The number of hydrogen-bond donors (Lipinski definition) is 3. The lowest BCUT2D eigenvalue weighted by atomic mass is 9.82. The zero-order valence-electron chi connectivity index (χ0n) is 17.4. The van der Waals surface area contributed by atoms with Gasteiger partial charge >= 0.3 is 5.97 Å². The third-order valence-electron chi connectivity index (χ3n) is 6.00. The van der Waals surface area contributed by atoms with Gasteiger partial charge in [-0.15, -0.1) is 11.3 Å². The van der Waals surface area contributed by atoms with Crippen LogP contribution in [-0.2, 0) is 22.4 Å². The van der Waals surface area contributed by atoms with Gasteiger partial charge in [-0.1, -0.05) is 24.3 Å². The van der Waals surface area contributed by atoms with Gasteiger partial charge in [0.1, 0.15) is 5.00 Å². The number of carboxylic acids is 1. The normalized spacial score (nSPS) is 20.0. The van der Waals surface area contributed by atoms with Crippen molar-refractivity contribution in [2.75, 3.05) is 10.6 Å². The Morgan fingerprint density at radius 3 is 2.52 bits per heavy atom. The van der Waals surface area contributed by atoms with E-state index in [4.69, 9.17) is 0 Å². The minimum absolute atomic E-state index is 0.237. The van der Waals surface area contributed by atoms with Crippen molar-refractivity contribution in [2.24, 2.45) is 11.8 Å². The molecule has 6 nitrogen and oxygen atoms in total. The number of anilines is 2. The van der Waals surface area contributed by atoms with E-state index in [1.807, 2.05) is 43.3 Å². The quantitative estimate of drug-likeness (QED) is 0.585. The van der Waals surface area contributed by atoms with Crippen LogP contribution in [0.2, 0.25) is 0 Å². The van der Waals surface area contributed by atoms with Crippen LogP contribution in [0, 0.1) is 18.8 Å². The van der Waals surface area contributed by atoms with E-state index >= 15 is 0 Å². The van der Waals surface area contributed by atoms with Gasteiger partial charge in [0.05, 0.1) is 17.4 Å². The number of allylic oxidation sites excluding steroid dienone is 2. The van der Waals surface area contributed by atoms with Crippen molar-refractivity contribution >= 4 is 39.8 Å². The molecule has 1 heterocycles. The third-order valence-corrected chi connectivity index (χ3v) is 7.20. The summed E-state index contributed by atoms with van der Waals surface area (Å²) in [6, 6.07) is 7.60. The molecule has 4 rings (SSSR count). The molecule has 2 atom stereocenters. The molecule has 0 fully saturated rings. The van der Waals surface area contributed by atoms with Crippen molar-refractivity contribution in [3.05, 3.63) is 58.0 Å². The summed E-state index contributed by atoms with van der Waals surface area (Å²) in [6.07, 6.45) is 8.17. The van der Waals surface area contributed by atoms with E-state index in [-0.39, 0.29) is 11.8 Å². The Morgan fingerprint density at radius 2 is 1.77 bits per heavy atom. The van der Waals surface area contributed by atoms with Crippen LogP contribution in [0.15, 0.2) is 36.4 Å². The van der Waals surface area contributed by atoms with Gasteiger partial charge in [0.25, 0.3) is 5.91 Å². The van der Waals surface area contributed by atoms with Crippen LogP contribution in [-0.4, -0.2) is 22.9 Å². The average Bonchev–Trinajstić information content (AvgIpc) is 3.11. The summed E-state index contributed by atoms with van der Waals surface area (Å²) in [5.74, 6) is -2.93. The second-order valence-corrected chi connectivity index (χ2v) is 9.33. The van der Waals surface area contributed by atoms with E-state index in [0.717, 1.165) is 41.7 Å². The zero-order valence-corrected chi connectivity index (χ0v) is 18.3. The van der Waals surface area contributed by atoms with Gasteiger partial charge in [0.2, 0.25) is 5.91 Å². The fourth-order valence-corrected chi connectivity index (χ4v) is 5.68. The molecule has 31 heavy (non-hydrogen) atoms. The summed E-state index contributed by atoms with van der Waals surface area (Å²) in [6.45, 7) is 1.96. The topological polar surface area (TPSA) is 95.5 Å². The first-order chi connectivity index (χ1) is 14.9. The standard InChI is InChI=1S/C24H26N2O4S/c1-14-7-6-8-15(13-14)25-22(28)20-18-11-4-5-12-19(18)31-23(20)26-21(27)16-9-2-3-10-17(16)24(29)30/h2-3,6-8,13,16-17H,4-5,9-12H2,1H3,(H,25,28)(H,26,27)(H,29,30)/t16-,17+/m0/s1. The number of carbonyl (C=O) groups is 3. The summed E-state index contributed by atoms with van der Waals surface area (Å²) in [7, 11) is 0. The number of carbonyl (C=O) groups excluding carboxylic acids is 2. The van der Waals surface area contributed by atoms with Gasteiger partial charge in [-0.2, -0.15) is 0 Å². The molecule has 0 spiro atoms. The smallest absolute Gasteiger partial charge is 0.307 e. The number of aryl methyl sites for hydroxylation is 2. The van der Waals surface area contributed by atoms with Crippen LogP contribution < -0.4 is 10.6 Å².